The number of nitrogens with one attached hydrogen (secondary N) is 2. The van der Waals surface area contributed by atoms with Crippen molar-refractivity contribution in [2.45, 2.75) is 18.9 Å². The zero-order valence-electron chi connectivity index (χ0n) is 16.2. The molecule has 0 unspecified atom stereocenters. The van der Waals surface area contributed by atoms with E-state index >= 15 is 0 Å². The summed E-state index contributed by atoms with van der Waals surface area (Å²) in [5.74, 6) is -1.10. The molecule has 0 aliphatic carbocycles. The first-order chi connectivity index (χ1) is 14.6. The maximum Gasteiger partial charge on any atom is 0.221 e. The molecule has 5 nitrogen and oxygen atoms in total. The van der Waals surface area contributed by atoms with Crippen LogP contribution in [-0.4, -0.2) is 18.0 Å². The number of hydrogen-bond acceptors (Lipinski definition) is 3. The highest BCUT2D eigenvalue weighted by Gasteiger charge is 2.26. The van der Waals surface area contributed by atoms with Gasteiger partial charge in [-0.15, -0.1) is 0 Å². The number of H-pyrrole nitrogens is 1. The van der Waals surface area contributed by atoms with E-state index in [0.29, 0.717) is 17.1 Å². The van der Waals surface area contributed by atoms with Crippen molar-refractivity contribution in [1.82, 2.24) is 10.3 Å². The van der Waals surface area contributed by atoms with Crippen molar-refractivity contribution in [2.24, 2.45) is 0 Å². The second kappa shape index (κ2) is 8.41. The number of halogens is 2. The topological polar surface area (TPSA) is 67.3 Å². The number of aromatic amines is 1. The van der Waals surface area contributed by atoms with Crippen molar-refractivity contribution in [1.29, 1.82) is 0 Å². The number of rotatable bonds is 7. The molecule has 7 heteroatoms. The van der Waals surface area contributed by atoms with E-state index in [1.165, 1.54) is 18.4 Å². The van der Waals surface area contributed by atoms with Gasteiger partial charge in [0, 0.05) is 35.5 Å². The second-order valence-electron chi connectivity index (χ2n) is 6.91. The van der Waals surface area contributed by atoms with E-state index in [9.17, 15) is 13.6 Å². The van der Waals surface area contributed by atoms with Gasteiger partial charge in [-0.05, 0) is 41.5 Å². The van der Waals surface area contributed by atoms with Gasteiger partial charge < -0.3 is 19.5 Å². The zero-order valence-corrected chi connectivity index (χ0v) is 16.2. The number of benzene rings is 2. The van der Waals surface area contributed by atoms with Gasteiger partial charge in [0.25, 0.3) is 0 Å². The summed E-state index contributed by atoms with van der Waals surface area (Å²) in [6.45, 7) is 0.224. The molecular formula is C23H20F2N2O3. The quantitative estimate of drug-likeness (QED) is 0.456. The van der Waals surface area contributed by atoms with E-state index in [0.717, 1.165) is 17.0 Å². The first kappa shape index (κ1) is 19.7. The standard InChI is InChI=1S/C23H20F2N2O3/c1-29-21-6-2-5-20-23(21)18(13-26-20)17(16-8-7-14(24)10-19(16)25)11-22(28)27-12-15-4-3-9-30-15/h2-10,13,17,26H,11-12H2,1H3,(H,27,28)/t17-/m1/s1. The maximum absolute atomic E-state index is 14.7. The van der Waals surface area contributed by atoms with Gasteiger partial charge in [0.1, 0.15) is 23.1 Å². The average molecular weight is 410 g/mol. The number of aromatic nitrogens is 1. The molecule has 0 spiro atoms. The third-order valence-electron chi connectivity index (χ3n) is 5.06. The minimum atomic E-state index is -0.705. The fourth-order valence-electron chi connectivity index (χ4n) is 3.65. The molecule has 4 rings (SSSR count). The molecule has 4 aromatic rings. The largest absolute Gasteiger partial charge is 0.496 e. The SMILES string of the molecule is COc1cccc2[nH]cc([C@H](CC(=O)NCc3ccco3)c3ccc(F)cc3F)c12. The molecule has 1 atom stereocenters. The number of hydrogen-bond donors (Lipinski definition) is 2. The van der Waals surface area contributed by atoms with Gasteiger partial charge in [-0.2, -0.15) is 0 Å². The lowest BCUT2D eigenvalue weighted by molar-refractivity contribution is -0.121. The van der Waals surface area contributed by atoms with Gasteiger partial charge in [-0.25, -0.2) is 8.78 Å². The van der Waals surface area contributed by atoms with Crippen LogP contribution >= 0.6 is 0 Å². The fourth-order valence-corrected chi connectivity index (χ4v) is 3.65. The van der Waals surface area contributed by atoms with Crippen molar-refractivity contribution >= 4 is 16.8 Å². The van der Waals surface area contributed by atoms with Gasteiger partial charge in [-0.1, -0.05) is 12.1 Å². The molecule has 0 radical (unpaired) electrons. The van der Waals surface area contributed by atoms with Crippen LogP contribution in [0.15, 0.2) is 65.4 Å². The lowest BCUT2D eigenvalue weighted by Gasteiger charge is -2.18. The molecule has 2 aromatic heterocycles. The van der Waals surface area contributed by atoms with Gasteiger partial charge in [0.05, 0.1) is 19.9 Å². The number of carbonyl (C=O) groups is 1. The highest BCUT2D eigenvalue weighted by molar-refractivity contribution is 5.91. The minimum Gasteiger partial charge on any atom is -0.496 e. The molecule has 0 fully saturated rings. The summed E-state index contributed by atoms with van der Waals surface area (Å²) >= 11 is 0. The Labute approximate surface area is 171 Å². The summed E-state index contributed by atoms with van der Waals surface area (Å²) in [7, 11) is 1.55. The Bertz CT molecular complexity index is 1170. The summed E-state index contributed by atoms with van der Waals surface area (Å²) in [5, 5.41) is 3.54. The lowest BCUT2D eigenvalue weighted by atomic mass is 9.87. The van der Waals surface area contributed by atoms with Crippen LogP contribution in [0.5, 0.6) is 5.75 Å². The molecule has 2 N–H and O–H groups in total. The van der Waals surface area contributed by atoms with Crippen molar-refractivity contribution in [3.8, 4) is 5.75 Å². The predicted molar refractivity (Wildman–Crippen MR) is 108 cm³/mol. The number of amides is 1. The average Bonchev–Trinajstić information content (AvgIpc) is 3.40. The predicted octanol–water partition coefficient (Wildman–Crippen LogP) is 4.89. The van der Waals surface area contributed by atoms with Crippen LogP contribution in [0.3, 0.4) is 0 Å². The lowest BCUT2D eigenvalue weighted by Crippen LogP contribution is -2.25. The van der Waals surface area contributed by atoms with Crippen LogP contribution in [-0.2, 0) is 11.3 Å². The Morgan fingerprint density at radius 2 is 2.03 bits per heavy atom. The summed E-state index contributed by atoms with van der Waals surface area (Å²) in [4.78, 5) is 15.8. The third-order valence-corrected chi connectivity index (χ3v) is 5.06. The van der Waals surface area contributed by atoms with E-state index in [2.05, 4.69) is 10.3 Å². The third kappa shape index (κ3) is 3.91. The van der Waals surface area contributed by atoms with Crippen molar-refractivity contribution in [3.63, 3.8) is 0 Å². The van der Waals surface area contributed by atoms with E-state index in [-0.39, 0.29) is 24.4 Å². The van der Waals surface area contributed by atoms with Gasteiger partial charge in [0.15, 0.2) is 0 Å². The van der Waals surface area contributed by atoms with Crippen LogP contribution in [0.1, 0.15) is 29.2 Å². The van der Waals surface area contributed by atoms with Crippen LogP contribution in [0, 0.1) is 11.6 Å². The Morgan fingerprint density at radius 1 is 1.17 bits per heavy atom. The van der Waals surface area contributed by atoms with Gasteiger partial charge in [0.2, 0.25) is 5.91 Å². The number of ether oxygens (including phenoxy) is 1. The molecule has 0 saturated carbocycles. The molecule has 0 aliphatic rings. The second-order valence-corrected chi connectivity index (χ2v) is 6.91. The minimum absolute atomic E-state index is 0.0335. The molecular weight excluding hydrogens is 390 g/mol. The van der Waals surface area contributed by atoms with Crippen LogP contribution < -0.4 is 10.1 Å². The van der Waals surface area contributed by atoms with Crippen LogP contribution in [0.25, 0.3) is 10.9 Å². The molecule has 2 aromatic carbocycles. The molecule has 0 aliphatic heterocycles. The Morgan fingerprint density at radius 3 is 2.77 bits per heavy atom. The summed E-state index contributed by atoms with van der Waals surface area (Å²) in [6.07, 6.45) is 3.23. The van der Waals surface area contributed by atoms with E-state index in [1.54, 1.807) is 31.5 Å². The Balaban J connectivity index is 1.72. The summed E-state index contributed by atoms with van der Waals surface area (Å²) in [5.41, 5.74) is 1.73. The van der Waals surface area contributed by atoms with Gasteiger partial charge in [-0.3, -0.25) is 4.79 Å². The Hall–Kier alpha value is -3.61. The fraction of sp³-hybridized carbons (Fsp3) is 0.174. The number of carbonyl (C=O) groups excluding carboxylic acids is 1. The monoisotopic (exact) mass is 410 g/mol. The maximum atomic E-state index is 14.7. The molecule has 154 valence electrons. The van der Waals surface area contributed by atoms with Gasteiger partial charge >= 0.3 is 0 Å². The molecule has 0 bridgehead atoms. The smallest absolute Gasteiger partial charge is 0.221 e. The van der Waals surface area contributed by atoms with Crippen LogP contribution in [0.2, 0.25) is 0 Å². The highest BCUT2D eigenvalue weighted by Crippen LogP contribution is 2.38. The zero-order chi connectivity index (χ0) is 21.1. The van der Waals surface area contributed by atoms with Crippen molar-refractivity contribution < 1.29 is 22.7 Å². The van der Waals surface area contributed by atoms with E-state index in [4.69, 9.17) is 9.15 Å². The van der Waals surface area contributed by atoms with Crippen molar-refractivity contribution in [3.05, 3.63) is 89.5 Å². The number of furan rings is 1. The summed E-state index contributed by atoms with van der Waals surface area (Å²) < 4.78 is 38.9. The molecule has 30 heavy (non-hydrogen) atoms. The van der Waals surface area contributed by atoms with Crippen LogP contribution in [0.4, 0.5) is 8.78 Å². The first-order valence-electron chi connectivity index (χ1n) is 9.45. The Kier molecular flexibility index (Phi) is 5.52. The number of methoxy groups -OCH3 is 1. The molecule has 0 saturated heterocycles. The number of fused-ring (bicyclic) bond motifs is 1. The summed E-state index contributed by atoms with van der Waals surface area (Å²) in [6, 6.07) is 12.4. The molecule has 2 heterocycles. The highest BCUT2D eigenvalue weighted by atomic mass is 19.1. The van der Waals surface area contributed by atoms with Crippen molar-refractivity contribution in [2.75, 3.05) is 7.11 Å². The normalized spacial score (nSPS) is 12.1. The van der Waals surface area contributed by atoms with E-state index in [1.807, 2.05) is 12.1 Å². The van der Waals surface area contributed by atoms with E-state index < -0.39 is 17.6 Å². The molecule has 1 amide bonds. The first-order valence-corrected chi connectivity index (χ1v) is 9.45.